The van der Waals surface area contributed by atoms with E-state index in [4.69, 9.17) is 4.74 Å². The number of benzene rings is 1. The molecule has 0 saturated carbocycles. The number of hydrogen-bond donors (Lipinski definition) is 0. The van der Waals surface area contributed by atoms with Gasteiger partial charge in [0.2, 0.25) is 0 Å². The van der Waals surface area contributed by atoms with E-state index in [1.54, 1.807) is 24.3 Å². The second kappa shape index (κ2) is 5.48. The average molecular weight is 261 g/mol. The Morgan fingerprint density at radius 1 is 1.32 bits per heavy atom. The van der Waals surface area contributed by atoms with Gasteiger partial charge in [-0.1, -0.05) is 12.1 Å². The van der Waals surface area contributed by atoms with E-state index in [9.17, 15) is 14.0 Å². The molecule has 0 saturated heterocycles. The number of nitrogens with zero attached hydrogens (tertiary/aromatic N) is 1. The van der Waals surface area contributed by atoms with Crippen molar-refractivity contribution in [2.75, 3.05) is 7.11 Å². The number of rotatable bonds is 4. The number of ether oxygens (including phenoxy) is 1. The number of Topliss-reactive ketones (excluding diaryl/α,β-unsaturated/α-hetero) is 1. The van der Waals surface area contributed by atoms with Gasteiger partial charge in [0, 0.05) is 17.8 Å². The van der Waals surface area contributed by atoms with Crippen molar-refractivity contribution in [1.29, 1.82) is 0 Å². The Labute approximate surface area is 109 Å². The van der Waals surface area contributed by atoms with Gasteiger partial charge in [0.25, 0.3) is 5.56 Å². The maximum absolute atomic E-state index is 13.0. The van der Waals surface area contributed by atoms with Gasteiger partial charge in [0.05, 0.1) is 13.7 Å². The minimum atomic E-state index is -0.557. The van der Waals surface area contributed by atoms with Gasteiger partial charge in [-0.2, -0.15) is 0 Å². The summed E-state index contributed by atoms with van der Waals surface area (Å²) < 4.78 is 19.1. The first-order valence-corrected chi connectivity index (χ1v) is 5.63. The van der Waals surface area contributed by atoms with Gasteiger partial charge in [0.15, 0.2) is 5.78 Å². The van der Waals surface area contributed by atoms with Gasteiger partial charge >= 0.3 is 0 Å². The van der Waals surface area contributed by atoms with Gasteiger partial charge in [-0.25, -0.2) is 4.39 Å². The highest BCUT2D eigenvalue weighted by molar-refractivity contribution is 5.96. The molecule has 1 aromatic carbocycles. The molecule has 0 unspecified atom stereocenters. The molecule has 1 heterocycles. The molecule has 0 aliphatic carbocycles. The molecule has 0 radical (unpaired) electrons. The van der Waals surface area contributed by atoms with E-state index >= 15 is 0 Å². The largest absolute Gasteiger partial charge is 0.497 e. The molecule has 0 atom stereocenters. The number of halogens is 1. The summed E-state index contributed by atoms with van der Waals surface area (Å²) in [5, 5.41) is 0. The fourth-order valence-corrected chi connectivity index (χ4v) is 1.67. The zero-order valence-electron chi connectivity index (χ0n) is 10.3. The Morgan fingerprint density at radius 3 is 2.84 bits per heavy atom. The van der Waals surface area contributed by atoms with Crippen molar-refractivity contribution in [3.63, 3.8) is 0 Å². The van der Waals surface area contributed by atoms with Crippen LogP contribution in [0.4, 0.5) is 4.39 Å². The molecule has 0 fully saturated rings. The highest BCUT2D eigenvalue weighted by Gasteiger charge is 2.09. The number of carbonyl (C=O) groups is 1. The number of methoxy groups -OCH3 is 1. The van der Waals surface area contributed by atoms with Crippen LogP contribution in [-0.4, -0.2) is 17.5 Å². The molecule has 0 aliphatic rings. The molecule has 19 heavy (non-hydrogen) atoms. The molecule has 5 heteroatoms. The summed E-state index contributed by atoms with van der Waals surface area (Å²) >= 11 is 0. The molecule has 0 amide bonds. The van der Waals surface area contributed by atoms with E-state index in [2.05, 4.69) is 0 Å². The summed E-state index contributed by atoms with van der Waals surface area (Å²) in [5.41, 5.74) is -0.00634. The normalized spacial score (nSPS) is 10.2. The molecular formula is C14H12FNO3. The quantitative estimate of drug-likeness (QED) is 0.789. The first kappa shape index (κ1) is 13.0. The molecule has 0 bridgehead atoms. The Hall–Kier alpha value is -2.43. The number of pyridine rings is 1. The average Bonchev–Trinajstić information content (AvgIpc) is 2.43. The van der Waals surface area contributed by atoms with Crippen LogP contribution in [0.3, 0.4) is 0 Å². The van der Waals surface area contributed by atoms with Crippen molar-refractivity contribution in [3.05, 3.63) is 64.3 Å². The van der Waals surface area contributed by atoms with Crippen LogP contribution in [0.2, 0.25) is 0 Å². The predicted octanol–water partition coefficient (Wildman–Crippen LogP) is 1.88. The standard InChI is InChI=1S/C14H12FNO3/c1-19-12-4-2-3-10(7-12)13(17)9-16-8-11(15)5-6-14(16)18/h2-8H,9H2,1H3. The van der Waals surface area contributed by atoms with Crippen LogP contribution >= 0.6 is 0 Å². The van der Waals surface area contributed by atoms with Crippen LogP contribution in [0.25, 0.3) is 0 Å². The van der Waals surface area contributed by atoms with Crippen LogP contribution in [0, 0.1) is 5.82 Å². The van der Waals surface area contributed by atoms with E-state index in [1.807, 2.05) is 0 Å². The topological polar surface area (TPSA) is 48.3 Å². The van der Waals surface area contributed by atoms with Crippen LogP contribution in [-0.2, 0) is 6.54 Å². The number of ketones is 1. The van der Waals surface area contributed by atoms with Crippen LogP contribution in [0.15, 0.2) is 47.4 Å². The summed E-state index contributed by atoms with van der Waals surface area (Å²) in [6.45, 7) is -0.205. The fraction of sp³-hybridized carbons (Fsp3) is 0.143. The maximum Gasteiger partial charge on any atom is 0.251 e. The second-order valence-electron chi connectivity index (χ2n) is 3.97. The van der Waals surface area contributed by atoms with E-state index in [0.29, 0.717) is 11.3 Å². The molecule has 2 rings (SSSR count). The molecule has 2 aromatic rings. The Bertz CT molecular complexity index is 664. The zero-order chi connectivity index (χ0) is 13.8. The lowest BCUT2D eigenvalue weighted by molar-refractivity contribution is 0.0970. The highest BCUT2D eigenvalue weighted by Crippen LogP contribution is 2.13. The third kappa shape index (κ3) is 3.07. The van der Waals surface area contributed by atoms with Crippen LogP contribution in [0.5, 0.6) is 5.75 Å². The zero-order valence-corrected chi connectivity index (χ0v) is 10.3. The third-order valence-electron chi connectivity index (χ3n) is 2.65. The smallest absolute Gasteiger partial charge is 0.251 e. The predicted molar refractivity (Wildman–Crippen MR) is 68.0 cm³/mol. The summed E-state index contributed by atoms with van der Waals surface area (Å²) in [7, 11) is 1.50. The SMILES string of the molecule is COc1cccc(C(=O)Cn2cc(F)ccc2=O)c1. The van der Waals surface area contributed by atoms with E-state index in [1.165, 1.54) is 7.11 Å². The molecule has 0 aliphatic heterocycles. The summed E-state index contributed by atoms with van der Waals surface area (Å²) in [5.74, 6) is -0.290. The summed E-state index contributed by atoms with van der Waals surface area (Å²) in [4.78, 5) is 23.5. The number of carbonyl (C=O) groups excluding carboxylic acids is 1. The van der Waals surface area contributed by atoms with Gasteiger partial charge in [-0.15, -0.1) is 0 Å². The number of aromatic nitrogens is 1. The number of hydrogen-bond acceptors (Lipinski definition) is 3. The van der Waals surface area contributed by atoms with Gasteiger partial charge in [0.1, 0.15) is 11.6 Å². The Kier molecular flexibility index (Phi) is 3.75. The van der Waals surface area contributed by atoms with Crippen molar-refractivity contribution in [2.24, 2.45) is 0 Å². The molecule has 0 N–H and O–H groups in total. The van der Waals surface area contributed by atoms with Crippen molar-refractivity contribution in [3.8, 4) is 5.75 Å². The second-order valence-corrected chi connectivity index (χ2v) is 3.97. The lowest BCUT2D eigenvalue weighted by Crippen LogP contribution is -2.23. The van der Waals surface area contributed by atoms with Gasteiger partial charge < -0.3 is 9.30 Å². The van der Waals surface area contributed by atoms with Gasteiger partial charge in [-0.3, -0.25) is 9.59 Å². The van der Waals surface area contributed by atoms with Crippen molar-refractivity contribution >= 4 is 5.78 Å². The summed E-state index contributed by atoms with van der Waals surface area (Å²) in [6, 6.07) is 8.75. The summed E-state index contributed by atoms with van der Waals surface area (Å²) in [6.07, 6.45) is 1.01. The molecule has 0 spiro atoms. The first-order chi connectivity index (χ1) is 9.10. The lowest BCUT2D eigenvalue weighted by atomic mass is 10.1. The van der Waals surface area contributed by atoms with E-state index < -0.39 is 11.4 Å². The molecule has 4 nitrogen and oxygen atoms in total. The molecular weight excluding hydrogens is 249 g/mol. The third-order valence-corrected chi connectivity index (χ3v) is 2.65. The molecule has 98 valence electrons. The highest BCUT2D eigenvalue weighted by atomic mass is 19.1. The van der Waals surface area contributed by atoms with Crippen LogP contribution in [0.1, 0.15) is 10.4 Å². The minimum absolute atomic E-state index is 0.205. The fourth-order valence-electron chi connectivity index (χ4n) is 1.67. The van der Waals surface area contributed by atoms with E-state index in [-0.39, 0.29) is 12.3 Å². The molecule has 1 aromatic heterocycles. The van der Waals surface area contributed by atoms with Crippen molar-refractivity contribution < 1.29 is 13.9 Å². The Morgan fingerprint density at radius 2 is 2.11 bits per heavy atom. The lowest BCUT2D eigenvalue weighted by Gasteiger charge is -2.06. The van der Waals surface area contributed by atoms with Crippen molar-refractivity contribution in [2.45, 2.75) is 6.54 Å². The minimum Gasteiger partial charge on any atom is -0.497 e. The van der Waals surface area contributed by atoms with Crippen molar-refractivity contribution in [1.82, 2.24) is 4.57 Å². The maximum atomic E-state index is 13.0. The van der Waals surface area contributed by atoms with Gasteiger partial charge in [-0.05, 0) is 18.2 Å². The Balaban J connectivity index is 2.25. The van der Waals surface area contributed by atoms with E-state index in [0.717, 1.165) is 22.9 Å². The monoisotopic (exact) mass is 261 g/mol. The van der Waals surface area contributed by atoms with Crippen LogP contribution < -0.4 is 10.3 Å². The first-order valence-electron chi connectivity index (χ1n) is 5.63.